The van der Waals surface area contributed by atoms with Crippen LogP contribution in [0.1, 0.15) is 35.4 Å². The van der Waals surface area contributed by atoms with Crippen LogP contribution in [0.5, 0.6) is 0 Å². The first-order valence-electron chi connectivity index (χ1n) is 11.8. The lowest BCUT2D eigenvalue weighted by Crippen LogP contribution is -2.48. The van der Waals surface area contributed by atoms with E-state index in [1.54, 1.807) is 12.1 Å². The fourth-order valence-electron chi connectivity index (χ4n) is 4.24. The van der Waals surface area contributed by atoms with Crippen LogP contribution in [0.2, 0.25) is 10.0 Å². The zero-order valence-corrected chi connectivity index (χ0v) is 21.6. The number of benzene rings is 3. The van der Waals surface area contributed by atoms with E-state index in [0.29, 0.717) is 10.6 Å². The van der Waals surface area contributed by atoms with Crippen LogP contribution in [0.4, 0.5) is 18.9 Å². The van der Waals surface area contributed by atoms with Gasteiger partial charge in [0, 0.05) is 5.02 Å². The molecule has 38 heavy (non-hydrogen) atoms. The third kappa shape index (κ3) is 7.07. The molecule has 0 saturated carbocycles. The molecule has 1 atom stereocenters. The topological polar surface area (TPSA) is 64.6 Å². The highest BCUT2D eigenvalue weighted by Crippen LogP contribution is 2.40. The summed E-state index contributed by atoms with van der Waals surface area (Å²) in [5.74, 6) is -2.81. The first-order chi connectivity index (χ1) is 18.0. The van der Waals surface area contributed by atoms with Crippen LogP contribution in [-0.2, 0) is 31.1 Å². The number of ether oxygens (including phenoxy) is 2. The molecule has 0 unspecified atom stereocenters. The van der Waals surface area contributed by atoms with Gasteiger partial charge < -0.3 is 14.8 Å². The van der Waals surface area contributed by atoms with Gasteiger partial charge in [-0.15, -0.1) is 0 Å². The molecule has 1 saturated heterocycles. The van der Waals surface area contributed by atoms with E-state index in [2.05, 4.69) is 5.32 Å². The summed E-state index contributed by atoms with van der Waals surface area (Å²) < 4.78 is 50.8. The molecule has 1 heterocycles. The van der Waals surface area contributed by atoms with Gasteiger partial charge in [-0.3, -0.25) is 9.59 Å². The number of amides is 1. The van der Waals surface area contributed by atoms with Crippen molar-refractivity contribution in [3.05, 3.63) is 99.5 Å². The van der Waals surface area contributed by atoms with E-state index in [1.165, 1.54) is 30.3 Å². The molecule has 0 spiro atoms. The maximum atomic E-state index is 13.3. The number of carbonyl (C=O) groups excluding carboxylic acids is 2. The Morgan fingerprint density at radius 2 is 1.68 bits per heavy atom. The molecular weight excluding hydrogens is 542 g/mol. The van der Waals surface area contributed by atoms with Crippen molar-refractivity contribution in [2.45, 2.75) is 37.0 Å². The molecule has 10 heteroatoms. The van der Waals surface area contributed by atoms with Gasteiger partial charge in [-0.05, 0) is 41.0 Å². The van der Waals surface area contributed by atoms with E-state index in [9.17, 15) is 22.8 Å². The maximum absolute atomic E-state index is 13.3. The van der Waals surface area contributed by atoms with Crippen molar-refractivity contribution in [2.75, 3.05) is 18.5 Å². The number of anilines is 1. The summed E-state index contributed by atoms with van der Waals surface area (Å²) >= 11 is 12.2. The Hall–Kier alpha value is -3.07. The molecule has 1 amide bonds. The Balaban J connectivity index is 1.51. The lowest BCUT2D eigenvalue weighted by molar-refractivity contribution is -0.153. The molecule has 1 aliphatic heterocycles. The molecule has 200 valence electrons. The van der Waals surface area contributed by atoms with Gasteiger partial charge in [0.1, 0.15) is 6.61 Å². The fraction of sp³-hybridized carbons (Fsp3) is 0.286. The minimum absolute atomic E-state index is 0.0241. The van der Waals surface area contributed by atoms with Crippen molar-refractivity contribution in [1.82, 2.24) is 0 Å². The zero-order chi connectivity index (χ0) is 27.3. The smallest absolute Gasteiger partial charge is 0.390 e. The molecule has 1 aliphatic rings. The minimum atomic E-state index is -4.58. The van der Waals surface area contributed by atoms with E-state index in [0.717, 1.165) is 5.56 Å². The van der Waals surface area contributed by atoms with Crippen molar-refractivity contribution < 1.29 is 32.2 Å². The van der Waals surface area contributed by atoms with Gasteiger partial charge in [0.25, 0.3) is 0 Å². The van der Waals surface area contributed by atoms with Crippen LogP contribution >= 0.6 is 23.2 Å². The van der Waals surface area contributed by atoms with Gasteiger partial charge in [0.15, 0.2) is 0 Å². The van der Waals surface area contributed by atoms with Gasteiger partial charge in [-0.25, -0.2) is 0 Å². The third-order valence-corrected chi connectivity index (χ3v) is 6.92. The summed E-state index contributed by atoms with van der Waals surface area (Å²) in [6.45, 7) is 0.609. The third-order valence-electron chi connectivity index (χ3n) is 6.34. The van der Waals surface area contributed by atoms with Gasteiger partial charge in [-0.1, -0.05) is 71.7 Å². The Kier molecular flexibility index (Phi) is 8.65. The van der Waals surface area contributed by atoms with Gasteiger partial charge in [0.05, 0.1) is 48.1 Å². The molecule has 5 nitrogen and oxygen atoms in total. The second-order valence-electron chi connectivity index (χ2n) is 9.20. The number of hydrogen-bond donors (Lipinski definition) is 1. The summed E-state index contributed by atoms with van der Waals surface area (Å²) in [6, 6.07) is 19.7. The second-order valence-corrected chi connectivity index (χ2v) is 10.0. The highest BCUT2D eigenvalue weighted by molar-refractivity contribution is 6.33. The van der Waals surface area contributed by atoms with E-state index in [-0.39, 0.29) is 42.5 Å². The average molecular weight is 566 g/mol. The van der Waals surface area contributed by atoms with Crippen molar-refractivity contribution in [3.63, 3.8) is 0 Å². The molecule has 3 aromatic rings. The van der Waals surface area contributed by atoms with Crippen molar-refractivity contribution in [2.24, 2.45) is 0 Å². The summed E-state index contributed by atoms with van der Waals surface area (Å²) in [5.41, 5.74) is 1.10. The first kappa shape index (κ1) is 28.0. The number of hydrogen-bond acceptors (Lipinski definition) is 4. The minimum Gasteiger partial charge on any atom is -0.461 e. The summed E-state index contributed by atoms with van der Waals surface area (Å²) in [6.07, 6.45) is -5.92. The van der Waals surface area contributed by atoms with Crippen LogP contribution in [0.3, 0.4) is 0 Å². The molecule has 0 bridgehead atoms. The average Bonchev–Trinajstić information content (AvgIpc) is 2.85. The highest BCUT2D eigenvalue weighted by atomic mass is 35.5. The van der Waals surface area contributed by atoms with Crippen molar-refractivity contribution in [3.8, 4) is 0 Å². The molecule has 1 fully saturated rings. The van der Waals surface area contributed by atoms with Crippen LogP contribution in [0.15, 0.2) is 72.8 Å². The molecular formula is C28H24Cl2F3NO4. The normalized spacial score (nSPS) is 15.3. The van der Waals surface area contributed by atoms with E-state index in [1.807, 2.05) is 30.3 Å². The molecule has 4 rings (SSSR count). The Morgan fingerprint density at radius 1 is 1.00 bits per heavy atom. The monoisotopic (exact) mass is 565 g/mol. The number of rotatable bonds is 9. The van der Waals surface area contributed by atoms with Crippen LogP contribution in [0, 0.1) is 0 Å². The van der Waals surface area contributed by atoms with Crippen molar-refractivity contribution >= 4 is 40.8 Å². The lowest BCUT2D eigenvalue weighted by Gasteiger charge is -2.41. The Bertz CT molecular complexity index is 1280. The van der Waals surface area contributed by atoms with E-state index >= 15 is 0 Å². The molecule has 0 aliphatic carbocycles. The second kappa shape index (κ2) is 11.8. The number of halogens is 5. The fourth-order valence-corrected chi connectivity index (χ4v) is 4.53. The number of alkyl halides is 3. The first-order valence-corrected chi connectivity index (χ1v) is 12.5. The van der Waals surface area contributed by atoms with Crippen LogP contribution < -0.4 is 5.32 Å². The largest absolute Gasteiger partial charge is 0.461 e. The van der Waals surface area contributed by atoms with Gasteiger partial charge in [0.2, 0.25) is 5.91 Å². The Morgan fingerprint density at radius 3 is 2.29 bits per heavy atom. The quantitative estimate of drug-likeness (QED) is 0.282. The molecule has 0 aromatic heterocycles. The standard InChI is InChI=1S/C28H24Cl2F3NO4/c29-21-9-6-19(7-10-21)22(13-28(31,32)33)26(36)34-24-12-20(8-11-23(24)30)27(16-37-17-27)14-25(35)38-15-18-4-2-1-3-5-18/h1-12,22H,13-17H2,(H,34,36)/t22-/m0/s1. The number of esters is 1. The van der Waals surface area contributed by atoms with Crippen molar-refractivity contribution in [1.29, 1.82) is 0 Å². The van der Waals surface area contributed by atoms with Crippen LogP contribution in [-0.4, -0.2) is 31.3 Å². The van der Waals surface area contributed by atoms with E-state index < -0.39 is 35.8 Å². The zero-order valence-electron chi connectivity index (χ0n) is 20.1. The summed E-state index contributed by atoms with van der Waals surface area (Å²) in [7, 11) is 0. The summed E-state index contributed by atoms with van der Waals surface area (Å²) in [5, 5.41) is 3.03. The SMILES string of the molecule is O=C(CC1(c2ccc(Cl)c(NC(=O)[C@@H](CC(F)(F)F)c3ccc(Cl)cc3)c2)COC1)OCc1ccccc1. The van der Waals surface area contributed by atoms with Gasteiger partial charge >= 0.3 is 12.1 Å². The Labute approximate surface area is 227 Å². The predicted octanol–water partition coefficient (Wildman–Crippen LogP) is 7.07. The lowest BCUT2D eigenvalue weighted by atomic mass is 9.75. The summed E-state index contributed by atoms with van der Waals surface area (Å²) in [4.78, 5) is 25.7. The highest BCUT2D eigenvalue weighted by Gasteiger charge is 2.43. The van der Waals surface area contributed by atoms with Crippen LogP contribution in [0.25, 0.3) is 0 Å². The maximum Gasteiger partial charge on any atom is 0.390 e. The molecule has 3 aromatic carbocycles. The van der Waals surface area contributed by atoms with E-state index in [4.69, 9.17) is 32.7 Å². The number of carbonyl (C=O) groups is 2. The molecule has 1 N–H and O–H groups in total. The molecule has 0 radical (unpaired) electrons. The van der Waals surface area contributed by atoms with Gasteiger partial charge in [-0.2, -0.15) is 13.2 Å². The number of nitrogens with one attached hydrogen (secondary N) is 1. The predicted molar refractivity (Wildman–Crippen MR) is 138 cm³/mol.